The van der Waals surface area contributed by atoms with E-state index in [4.69, 9.17) is 0 Å². The van der Waals surface area contributed by atoms with Gasteiger partial charge in [0.05, 0.1) is 6.04 Å². The van der Waals surface area contributed by atoms with Gasteiger partial charge in [-0.25, -0.2) is 0 Å². The van der Waals surface area contributed by atoms with Crippen LogP contribution in [0.3, 0.4) is 0 Å². The Balaban J connectivity index is 1.74. The van der Waals surface area contributed by atoms with Crippen LogP contribution in [0.4, 0.5) is 0 Å². The molecule has 2 aliphatic rings. The Bertz CT molecular complexity index is 265. The topological polar surface area (TPSA) is 47.6 Å². The molecule has 0 aromatic heterocycles. The van der Waals surface area contributed by atoms with Crippen molar-refractivity contribution in [2.75, 3.05) is 46.8 Å². The van der Waals surface area contributed by atoms with Crippen molar-refractivity contribution >= 4 is 5.91 Å². The van der Waals surface area contributed by atoms with E-state index >= 15 is 0 Å². The summed E-state index contributed by atoms with van der Waals surface area (Å²) in [6.45, 7) is 4.97. The summed E-state index contributed by atoms with van der Waals surface area (Å²) < 4.78 is 0. The van der Waals surface area contributed by atoms with E-state index in [0.29, 0.717) is 6.04 Å². The van der Waals surface area contributed by atoms with E-state index in [-0.39, 0.29) is 11.9 Å². The molecule has 1 amide bonds. The highest BCUT2D eigenvalue weighted by molar-refractivity contribution is 5.82. The Hall–Kier alpha value is -0.650. The standard InChI is InChI=1S/C12H24N4O/c1-15-6-7-16(2)10(9-15)8-14-12(17)11-4-3-5-13-11/h10-11,13H,3-9H2,1-2H3,(H,14,17). The number of piperazine rings is 1. The third kappa shape index (κ3) is 3.40. The zero-order valence-electron chi connectivity index (χ0n) is 10.9. The van der Waals surface area contributed by atoms with Crippen molar-refractivity contribution in [3.63, 3.8) is 0 Å². The minimum Gasteiger partial charge on any atom is -0.353 e. The molecule has 2 N–H and O–H groups in total. The molecular weight excluding hydrogens is 216 g/mol. The molecule has 2 rings (SSSR count). The molecule has 0 spiro atoms. The molecule has 0 saturated carbocycles. The van der Waals surface area contributed by atoms with Crippen molar-refractivity contribution in [2.24, 2.45) is 0 Å². The van der Waals surface area contributed by atoms with Gasteiger partial charge in [-0.05, 0) is 33.5 Å². The van der Waals surface area contributed by atoms with E-state index in [1.54, 1.807) is 0 Å². The Morgan fingerprint density at radius 3 is 2.94 bits per heavy atom. The summed E-state index contributed by atoms with van der Waals surface area (Å²) >= 11 is 0. The summed E-state index contributed by atoms with van der Waals surface area (Å²) in [5.74, 6) is 0.170. The van der Waals surface area contributed by atoms with Crippen LogP contribution in [0.2, 0.25) is 0 Å². The molecule has 2 atom stereocenters. The van der Waals surface area contributed by atoms with Gasteiger partial charge >= 0.3 is 0 Å². The van der Waals surface area contributed by atoms with E-state index < -0.39 is 0 Å². The van der Waals surface area contributed by atoms with Gasteiger partial charge in [-0.1, -0.05) is 0 Å². The van der Waals surface area contributed by atoms with Crippen LogP contribution in [0.1, 0.15) is 12.8 Å². The predicted octanol–water partition coefficient (Wildman–Crippen LogP) is -0.900. The number of amides is 1. The Morgan fingerprint density at radius 1 is 1.41 bits per heavy atom. The number of hydrogen-bond acceptors (Lipinski definition) is 4. The zero-order valence-corrected chi connectivity index (χ0v) is 10.9. The molecule has 2 unspecified atom stereocenters. The normalized spacial score (nSPS) is 31.6. The lowest BCUT2D eigenvalue weighted by Crippen LogP contribution is -2.55. The summed E-state index contributed by atoms with van der Waals surface area (Å²) in [6, 6.07) is 0.487. The lowest BCUT2D eigenvalue weighted by Gasteiger charge is -2.37. The first-order valence-electron chi connectivity index (χ1n) is 6.56. The van der Waals surface area contributed by atoms with E-state index in [2.05, 4.69) is 34.5 Å². The highest BCUT2D eigenvalue weighted by Gasteiger charge is 2.25. The summed E-state index contributed by atoms with van der Waals surface area (Å²) in [5.41, 5.74) is 0. The van der Waals surface area contributed by atoms with Crippen LogP contribution in [-0.2, 0) is 4.79 Å². The van der Waals surface area contributed by atoms with Crippen LogP contribution >= 0.6 is 0 Å². The number of likely N-dealkylation sites (N-methyl/N-ethyl adjacent to an activating group) is 2. The molecular formula is C12H24N4O. The fourth-order valence-corrected chi connectivity index (χ4v) is 2.57. The van der Waals surface area contributed by atoms with Crippen LogP contribution < -0.4 is 10.6 Å². The van der Waals surface area contributed by atoms with E-state index in [9.17, 15) is 4.79 Å². The van der Waals surface area contributed by atoms with Gasteiger partial charge in [-0.3, -0.25) is 9.69 Å². The monoisotopic (exact) mass is 240 g/mol. The Morgan fingerprint density at radius 2 is 2.24 bits per heavy atom. The van der Waals surface area contributed by atoms with Gasteiger partial charge in [-0.2, -0.15) is 0 Å². The summed E-state index contributed by atoms with van der Waals surface area (Å²) in [4.78, 5) is 16.5. The molecule has 0 aliphatic carbocycles. The maximum atomic E-state index is 11.9. The van der Waals surface area contributed by atoms with Gasteiger partial charge in [0.15, 0.2) is 0 Å². The first kappa shape index (κ1) is 12.8. The maximum absolute atomic E-state index is 11.9. The molecule has 2 aliphatic heterocycles. The summed E-state index contributed by atoms with van der Waals surface area (Å²) in [7, 11) is 4.28. The second-order valence-corrected chi connectivity index (χ2v) is 5.29. The highest BCUT2D eigenvalue weighted by Crippen LogP contribution is 2.07. The van der Waals surface area contributed by atoms with Gasteiger partial charge in [0.25, 0.3) is 0 Å². The first-order valence-corrected chi connectivity index (χ1v) is 6.56. The molecule has 0 aromatic rings. The third-order valence-electron chi connectivity index (χ3n) is 3.87. The Labute approximate surface area is 104 Å². The van der Waals surface area contributed by atoms with Crippen LogP contribution in [0, 0.1) is 0 Å². The molecule has 0 radical (unpaired) electrons. The second kappa shape index (κ2) is 5.80. The third-order valence-corrected chi connectivity index (χ3v) is 3.87. The quantitative estimate of drug-likeness (QED) is 0.671. The van der Waals surface area contributed by atoms with E-state index in [1.807, 2.05) is 0 Å². The van der Waals surface area contributed by atoms with E-state index in [0.717, 1.165) is 45.6 Å². The summed E-state index contributed by atoms with van der Waals surface area (Å²) in [6.07, 6.45) is 2.09. The number of nitrogens with one attached hydrogen (secondary N) is 2. The van der Waals surface area contributed by atoms with Crippen molar-refractivity contribution in [3.05, 3.63) is 0 Å². The number of rotatable bonds is 3. The largest absolute Gasteiger partial charge is 0.353 e. The van der Waals surface area contributed by atoms with Gasteiger partial charge in [0, 0.05) is 32.2 Å². The average molecular weight is 240 g/mol. The van der Waals surface area contributed by atoms with Crippen LogP contribution in [0.25, 0.3) is 0 Å². The molecule has 2 fully saturated rings. The van der Waals surface area contributed by atoms with Crippen molar-refractivity contribution in [1.29, 1.82) is 0 Å². The van der Waals surface area contributed by atoms with Crippen LogP contribution in [0.15, 0.2) is 0 Å². The average Bonchev–Trinajstić information content (AvgIpc) is 2.83. The molecule has 98 valence electrons. The molecule has 5 nitrogen and oxygen atoms in total. The lowest BCUT2D eigenvalue weighted by molar-refractivity contribution is -0.123. The molecule has 2 saturated heterocycles. The van der Waals surface area contributed by atoms with Crippen molar-refractivity contribution in [1.82, 2.24) is 20.4 Å². The van der Waals surface area contributed by atoms with Gasteiger partial charge in [0.2, 0.25) is 5.91 Å². The fraction of sp³-hybridized carbons (Fsp3) is 0.917. The maximum Gasteiger partial charge on any atom is 0.237 e. The van der Waals surface area contributed by atoms with Gasteiger partial charge in [-0.15, -0.1) is 0 Å². The first-order chi connectivity index (χ1) is 8.16. The molecule has 0 aromatic carbocycles. The van der Waals surface area contributed by atoms with Crippen LogP contribution in [0.5, 0.6) is 0 Å². The summed E-state index contributed by atoms with van der Waals surface area (Å²) in [5, 5.41) is 6.30. The lowest BCUT2D eigenvalue weighted by atomic mass is 10.1. The molecule has 0 bridgehead atoms. The van der Waals surface area contributed by atoms with Gasteiger partial charge < -0.3 is 15.5 Å². The SMILES string of the molecule is CN1CCN(C)C(CNC(=O)C2CCCN2)C1. The van der Waals surface area contributed by atoms with Gasteiger partial charge in [0.1, 0.15) is 0 Å². The van der Waals surface area contributed by atoms with Crippen molar-refractivity contribution in [2.45, 2.75) is 24.9 Å². The van der Waals surface area contributed by atoms with Crippen molar-refractivity contribution in [3.8, 4) is 0 Å². The second-order valence-electron chi connectivity index (χ2n) is 5.29. The minimum absolute atomic E-state index is 0.0432. The fourth-order valence-electron chi connectivity index (χ4n) is 2.57. The number of carbonyl (C=O) groups is 1. The van der Waals surface area contributed by atoms with E-state index in [1.165, 1.54) is 0 Å². The van der Waals surface area contributed by atoms with Crippen LogP contribution in [-0.4, -0.2) is 74.6 Å². The minimum atomic E-state index is 0.0432. The predicted molar refractivity (Wildman–Crippen MR) is 67.9 cm³/mol. The number of nitrogens with zero attached hydrogens (tertiary/aromatic N) is 2. The zero-order chi connectivity index (χ0) is 12.3. The molecule has 5 heteroatoms. The molecule has 2 heterocycles. The Kier molecular flexibility index (Phi) is 4.36. The number of carbonyl (C=O) groups excluding carboxylic acids is 1. The highest BCUT2D eigenvalue weighted by atomic mass is 16.2. The number of hydrogen-bond donors (Lipinski definition) is 2. The molecule has 17 heavy (non-hydrogen) atoms. The smallest absolute Gasteiger partial charge is 0.237 e. The van der Waals surface area contributed by atoms with Crippen molar-refractivity contribution < 1.29 is 4.79 Å².